The zero-order valence-corrected chi connectivity index (χ0v) is 15.6. The van der Waals surface area contributed by atoms with Crippen LogP contribution in [-0.4, -0.2) is 19.6 Å². The van der Waals surface area contributed by atoms with Crippen molar-refractivity contribution >= 4 is 34.3 Å². The fourth-order valence-corrected chi connectivity index (χ4v) is 4.33. The molecule has 0 aliphatic rings. The van der Waals surface area contributed by atoms with Gasteiger partial charge in [0, 0.05) is 25.9 Å². The highest BCUT2D eigenvalue weighted by Crippen LogP contribution is 2.40. The van der Waals surface area contributed by atoms with Gasteiger partial charge in [-0.2, -0.15) is 0 Å². The van der Waals surface area contributed by atoms with E-state index in [1.54, 1.807) is 24.2 Å². The number of aliphatic hydroxyl groups excluding tert-OH is 1. The molecule has 0 aliphatic carbocycles. The zero-order chi connectivity index (χ0) is 18.1. The van der Waals surface area contributed by atoms with Gasteiger partial charge in [-0.25, -0.2) is 9.97 Å². The number of halogens is 1. The van der Waals surface area contributed by atoms with Crippen LogP contribution >= 0.6 is 23.4 Å². The van der Waals surface area contributed by atoms with E-state index in [2.05, 4.69) is 21.5 Å². The van der Waals surface area contributed by atoms with Crippen LogP contribution in [0.5, 0.6) is 0 Å². The fraction of sp³-hybridized carbons (Fsp3) is 0.100. The molecule has 2 aromatic heterocycles. The molecule has 0 fully saturated rings. The van der Waals surface area contributed by atoms with Crippen LogP contribution < -0.4 is 0 Å². The molecule has 6 heteroatoms. The first-order valence-electron chi connectivity index (χ1n) is 8.11. The lowest BCUT2D eigenvalue weighted by molar-refractivity contribution is 0.281. The van der Waals surface area contributed by atoms with E-state index in [0.717, 1.165) is 37.6 Å². The number of aliphatic hydroxyl groups is 1. The fourth-order valence-electron chi connectivity index (χ4n) is 3.05. The molecular formula is C20H16ClN3OS. The van der Waals surface area contributed by atoms with Crippen LogP contribution in [0, 0.1) is 6.92 Å². The predicted molar refractivity (Wildman–Crippen MR) is 105 cm³/mol. The second kappa shape index (κ2) is 7.11. The Morgan fingerprint density at radius 1 is 1.12 bits per heavy atom. The quantitative estimate of drug-likeness (QED) is 0.539. The molecule has 4 rings (SSSR count). The van der Waals surface area contributed by atoms with E-state index < -0.39 is 0 Å². The highest BCUT2D eigenvalue weighted by Gasteiger charge is 2.17. The van der Waals surface area contributed by atoms with Crippen LogP contribution in [0.25, 0.3) is 16.6 Å². The number of hydrogen-bond acceptors (Lipinski definition) is 4. The molecule has 2 aromatic carbocycles. The summed E-state index contributed by atoms with van der Waals surface area (Å²) in [5.74, 6) is 0. The Labute approximate surface area is 160 Å². The Bertz CT molecular complexity index is 1080. The van der Waals surface area contributed by atoms with Crippen molar-refractivity contribution in [2.45, 2.75) is 23.3 Å². The van der Waals surface area contributed by atoms with Gasteiger partial charge in [0.25, 0.3) is 0 Å². The average Bonchev–Trinajstić information content (AvgIpc) is 2.93. The standard InChI is InChI=1S/C20H16ClN3OS/c1-13-20(26-17-4-2-3-14(7-17)11-25)18-6-5-15(21)8-19(18)24(13)16-9-22-12-23-10-16/h2-10,12,25H,11H2,1H3. The Balaban J connectivity index is 1.91. The Morgan fingerprint density at radius 2 is 1.92 bits per heavy atom. The van der Waals surface area contributed by atoms with Gasteiger partial charge in [-0.05, 0) is 36.8 Å². The minimum atomic E-state index is 0.0338. The summed E-state index contributed by atoms with van der Waals surface area (Å²) in [6.45, 7) is 2.12. The van der Waals surface area contributed by atoms with Gasteiger partial charge in [0.1, 0.15) is 6.33 Å². The summed E-state index contributed by atoms with van der Waals surface area (Å²) >= 11 is 7.94. The third kappa shape index (κ3) is 3.09. The number of benzene rings is 2. The predicted octanol–water partition coefficient (Wildman–Crippen LogP) is 5.03. The highest BCUT2D eigenvalue weighted by molar-refractivity contribution is 7.99. The Kier molecular flexibility index (Phi) is 4.68. The third-order valence-electron chi connectivity index (χ3n) is 4.22. The van der Waals surface area contributed by atoms with E-state index in [0.29, 0.717) is 5.02 Å². The average molecular weight is 382 g/mol. The van der Waals surface area contributed by atoms with E-state index in [1.807, 2.05) is 42.5 Å². The van der Waals surface area contributed by atoms with Crippen LogP contribution in [0.3, 0.4) is 0 Å². The molecule has 2 heterocycles. The van der Waals surface area contributed by atoms with Gasteiger partial charge in [0.15, 0.2) is 0 Å². The monoisotopic (exact) mass is 381 g/mol. The minimum Gasteiger partial charge on any atom is -0.392 e. The van der Waals surface area contributed by atoms with Gasteiger partial charge in [0.2, 0.25) is 0 Å². The minimum absolute atomic E-state index is 0.0338. The first kappa shape index (κ1) is 17.1. The molecule has 4 nitrogen and oxygen atoms in total. The number of fused-ring (bicyclic) bond motifs is 1. The maximum Gasteiger partial charge on any atom is 0.115 e. The molecule has 26 heavy (non-hydrogen) atoms. The number of nitrogens with zero attached hydrogens (tertiary/aromatic N) is 3. The van der Waals surface area contributed by atoms with Gasteiger partial charge in [0.05, 0.1) is 30.2 Å². The van der Waals surface area contributed by atoms with Crippen molar-refractivity contribution in [2.75, 3.05) is 0 Å². The van der Waals surface area contributed by atoms with E-state index in [-0.39, 0.29) is 6.61 Å². The lowest BCUT2D eigenvalue weighted by atomic mass is 10.2. The van der Waals surface area contributed by atoms with Crippen LogP contribution in [0.4, 0.5) is 0 Å². The summed E-state index contributed by atoms with van der Waals surface area (Å²) in [4.78, 5) is 10.5. The molecule has 130 valence electrons. The summed E-state index contributed by atoms with van der Waals surface area (Å²) in [7, 11) is 0. The molecule has 0 bridgehead atoms. The summed E-state index contributed by atoms with van der Waals surface area (Å²) in [6, 6.07) is 13.9. The number of hydrogen-bond donors (Lipinski definition) is 1. The van der Waals surface area contributed by atoms with Crippen molar-refractivity contribution in [3.8, 4) is 5.69 Å². The van der Waals surface area contributed by atoms with Crippen LogP contribution in [0.1, 0.15) is 11.3 Å². The molecule has 0 atom stereocenters. The first-order chi connectivity index (χ1) is 12.7. The van der Waals surface area contributed by atoms with Crippen molar-refractivity contribution in [2.24, 2.45) is 0 Å². The lowest BCUT2D eigenvalue weighted by Crippen LogP contribution is -1.98. The number of rotatable bonds is 4. The normalized spacial score (nSPS) is 11.2. The summed E-state index contributed by atoms with van der Waals surface area (Å²) < 4.78 is 2.12. The molecule has 0 spiro atoms. The van der Waals surface area contributed by atoms with E-state index in [9.17, 15) is 5.11 Å². The van der Waals surface area contributed by atoms with Crippen molar-refractivity contribution in [3.63, 3.8) is 0 Å². The Morgan fingerprint density at radius 3 is 2.69 bits per heavy atom. The third-order valence-corrected chi connectivity index (χ3v) is 5.66. The van der Waals surface area contributed by atoms with Gasteiger partial charge in [-0.1, -0.05) is 41.6 Å². The van der Waals surface area contributed by atoms with Crippen LogP contribution in [0.2, 0.25) is 5.02 Å². The van der Waals surface area contributed by atoms with E-state index in [4.69, 9.17) is 11.6 Å². The summed E-state index contributed by atoms with van der Waals surface area (Å²) in [5, 5.41) is 11.2. The van der Waals surface area contributed by atoms with Gasteiger partial charge in [-0.15, -0.1) is 0 Å². The molecule has 0 aliphatic heterocycles. The van der Waals surface area contributed by atoms with Crippen LogP contribution in [-0.2, 0) is 6.61 Å². The van der Waals surface area contributed by atoms with Gasteiger partial charge < -0.3 is 9.67 Å². The molecule has 0 amide bonds. The second-order valence-electron chi connectivity index (χ2n) is 5.92. The molecule has 0 saturated carbocycles. The van der Waals surface area contributed by atoms with E-state index >= 15 is 0 Å². The molecule has 0 unspecified atom stereocenters. The van der Waals surface area contributed by atoms with Crippen molar-refractivity contribution < 1.29 is 5.11 Å². The number of aromatic nitrogens is 3. The van der Waals surface area contributed by atoms with Crippen molar-refractivity contribution in [1.29, 1.82) is 0 Å². The van der Waals surface area contributed by atoms with E-state index in [1.165, 1.54) is 6.33 Å². The molecule has 0 radical (unpaired) electrons. The molecule has 0 saturated heterocycles. The lowest BCUT2D eigenvalue weighted by Gasteiger charge is -2.08. The molecule has 4 aromatic rings. The van der Waals surface area contributed by atoms with Crippen molar-refractivity contribution in [3.05, 3.63) is 77.5 Å². The largest absolute Gasteiger partial charge is 0.392 e. The SMILES string of the molecule is Cc1c(Sc2cccc(CO)c2)c2ccc(Cl)cc2n1-c1cncnc1. The maximum atomic E-state index is 9.40. The Hall–Kier alpha value is -2.34. The second-order valence-corrected chi connectivity index (χ2v) is 7.44. The van der Waals surface area contributed by atoms with Crippen molar-refractivity contribution in [1.82, 2.24) is 14.5 Å². The topological polar surface area (TPSA) is 50.9 Å². The van der Waals surface area contributed by atoms with Gasteiger partial charge in [-0.3, -0.25) is 0 Å². The summed E-state index contributed by atoms with van der Waals surface area (Å²) in [5.41, 5.74) is 3.91. The first-order valence-corrected chi connectivity index (χ1v) is 9.30. The smallest absolute Gasteiger partial charge is 0.115 e. The zero-order valence-electron chi connectivity index (χ0n) is 14.1. The maximum absolute atomic E-state index is 9.40. The van der Waals surface area contributed by atoms with Crippen LogP contribution in [0.15, 0.2) is 71.0 Å². The summed E-state index contributed by atoms with van der Waals surface area (Å²) in [6.07, 6.45) is 5.11. The molecule has 1 N–H and O–H groups in total. The van der Waals surface area contributed by atoms with Gasteiger partial charge >= 0.3 is 0 Å². The highest BCUT2D eigenvalue weighted by atomic mass is 35.5. The molecular weight excluding hydrogens is 366 g/mol.